The zero-order chi connectivity index (χ0) is 29.4. The lowest BCUT2D eigenvalue weighted by molar-refractivity contribution is -0.142. The minimum atomic E-state index is -1.08. The average molecular weight is 534 g/mol. The van der Waals surface area contributed by atoms with Crippen LogP contribution in [0.2, 0.25) is 0 Å². The highest BCUT2D eigenvalue weighted by molar-refractivity contribution is 5.92. The van der Waals surface area contributed by atoms with Gasteiger partial charge < -0.3 is 25.4 Å². The van der Waals surface area contributed by atoms with Crippen LogP contribution < -0.4 is 10.6 Å². The molecule has 0 aromatic heterocycles. The van der Waals surface area contributed by atoms with Crippen molar-refractivity contribution in [2.75, 3.05) is 6.54 Å². The number of aromatic hydroxyl groups is 1. The molecule has 0 bridgehead atoms. The standard InChI is InChI=1S/C31H39N3O5/c1-9-19-34(26(27(36)33-30(3,4)5)23-15-11-21(10-2)12-16-23)28(37)25(32-29(38)39-31(6,7)8)20-22-13-17-24(35)18-14-22/h2,9,11-18,25-26,35H,1,19-20H2,3-8H3,(H,32,38)(H,33,36). The third kappa shape index (κ3) is 9.86. The molecule has 208 valence electrons. The Kier molecular flexibility index (Phi) is 10.3. The molecule has 2 unspecified atom stereocenters. The predicted octanol–water partition coefficient (Wildman–Crippen LogP) is 4.48. The van der Waals surface area contributed by atoms with Crippen LogP contribution in [0.3, 0.4) is 0 Å². The second kappa shape index (κ2) is 13.0. The number of rotatable bonds is 9. The predicted molar refractivity (Wildman–Crippen MR) is 152 cm³/mol. The lowest BCUT2D eigenvalue weighted by Gasteiger charge is -2.35. The van der Waals surface area contributed by atoms with Crippen LogP contribution in [0.5, 0.6) is 5.75 Å². The fourth-order valence-electron chi connectivity index (χ4n) is 3.85. The molecule has 0 aliphatic rings. The summed E-state index contributed by atoms with van der Waals surface area (Å²) in [5.74, 6) is 1.72. The number of carbonyl (C=O) groups excluding carboxylic acids is 3. The molecule has 0 saturated heterocycles. The highest BCUT2D eigenvalue weighted by Crippen LogP contribution is 2.25. The van der Waals surface area contributed by atoms with Crippen LogP contribution in [-0.2, 0) is 20.7 Å². The summed E-state index contributed by atoms with van der Waals surface area (Å²) in [6.07, 6.45) is 6.36. The number of ether oxygens (including phenoxy) is 1. The van der Waals surface area contributed by atoms with Crippen LogP contribution in [0.25, 0.3) is 0 Å². The van der Waals surface area contributed by atoms with Gasteiger partial charge in [-0.15, -0.1) is 13.0 Å². The molecule has 2 aromatic carbocycles. The number of nitrogens with one attached hydrogen (secondary N) is 2. The Bertz CT molecular complexity index is 1200. The van der Waals surface area contributed by atoms with Crippen molar-refractivity contribution < 1.29 is 24.2 Å². The van der Waals surface area contributed by atoms with Crippen LogP contribution in [0, 0.1) is 12.3 Å². The van der Waals surface area contributed by atoms with E-state index in [4.69, 9.17) is 11.2 Å². The Balaban J connectivity index is 2.56. The maximum Gasteiger partial charge on any atom is 0.408 e. The van der Waals surface area contributed by atoms with Gasteiger partial charge in [0.1, 0.15) is 23.4 Å². The Hall–Kier alpha value is -4.25. The number of hydrogen-bond donors (Lipinski definition) is 3. The topological polar surface area (TPSA) is 108 Å². The number of benzene rings is 2. The van der Waals surface area contributed by atoms with Crippen molar-refractivity contribution in [1.29, 1.82) is 0 Å². The molecule has 0 heterocycles. The van der Waals surface area contributed by atoms with Crippen molar-refractivity contribution in [2.24, 2.45) is 0 Å². The van der Waals surface area contributed by atoms with Crippen molar-refractivity contribution in [2.45, 2.75) is 71.2 Å². The van der Waals surface area contributed by atoms with Crippen LogP contribution in [0.1, 0.15) is 64.3 Å². The third-order valence-electron chi connectivity index (χ3n) is 5.43. The number of amides is 3. The van der Waals surface area contributed by atoms with Gasteiger partial charge in [-0.05, 0) is 76.9 Å². The summed E-state index contributed by atoms with van der Waals surface area (Å²) < 4.78 is 5.42. The molecule has 0 radical (unpaired) electrons. The van der Waals surface area contributed by atoms with E-state index in [1.807, 2.05) is 20.8 Å². The summed E-state index contributed by atoms with van der Waals surface area (Å²) in [5, 5.41) is 15.3. The zero-order valence-corrected chi connectivity index (χ0v) is 23.6. The molecule has 39 heavy (non-hydrogen) atoms. The van der Waals surface area contributed by atoms with E-state index in [9.17, 15) is 19.5 Å². The van der Waals surface area contributed by atoms with Gasteiger partial charge in [0.05, 0.1) is 0 Å². The third-order valence-corrected chi connectivity index (χ3v) is 5.43. The quantitative estimate of drug-likeness (QED) is 0.325. The second-order valence-electron chi connectivity index (χ2n) is 11.3. The van der Waals surface area contributed by atoms with Gasteiger partial charge in [-0.3, -0.25) is 9.59 Å². The monoisotopic (exact) mass is 533 g/mol. The Morgan fingerprint density at radius 1 is 1.05 bits per heavy atom. The lowest BCUT2D eigenvalue weighted by Crippen LogP contribution is -2.55. The number of hydrogen-bond acceptors (Lipinski definition) is 5. The van der Waals surface area contributed by atoms with Crippen LogP contribution in [0.4, 0.5) is 4.79 Å². The summed E-state index contributed by atoms with van der Waals surface area (Å²) in [6.45, 7) is 14.5. The van der Waals surface area contributed by atoms with E-state index in [0.29, 0.717) is 16.7 Å². The van der Waals surface area contributed by atoms with E-state index in [0.717, 1.165) is 0 Å². The molecule has 0 spiro atoms. The van der Waals surface area contributed by atoms with Crippen LogP contribution in [0.15, 0.2) is 61.2 Å². The molecule has 2 aromatic rings. The van der Waals surface area contributed by atoms with Gasteiger partial charge in [-0.1, -0.05) is 36.3 Å². The van der Waals surface area contributed by atoms with Gasteiger partial charge in [-0.25, -0.2) is 4.79 Å². The van der Waals surface area contributed by atoms with Gasteiger partial charge in [-0.2, -0.15) is 0 Å². The van der Waals surface area contributed by atoms with E-state index < -0.39 is 41.1 Å². The van der Waals surface area contributed by atoms with Gasteiger partial charge in [0.2, 0.25) is 11.8 Å². The van der Waals surface area contributed by atoms with E-state index in [2.05, 4.69) is 23.1 Å². The van der Waals surface area contributed by atoms with E-state index >= 15 is 0 Å². The highest BCUT2D eigenvalue weighted by atomic mass is 16.6. The molecule has 8 nitrogen and oxygen atoms in total. The SMILES string of the molecule is C#Cc1ccc(C(C(=O)NC(C)(C)C)N(CC=C)C(=O)C(Cc2ccc(O)cc2)NC(=O)OC(C)(C)C)cc1. The molecular formula is C31H39N3O5. The summed E-state index contributed by atoms with van der Waals surface area (Å²) in [7, 11) is 0. The number of phenols is 1. The van der Waals surface area contributed by atoms with Gasteiger partial charge >= 0.3 is 6.09 Å². The average Bonchev–Trinajstić information content (AvgIpc) is 2.82. The van der Waals surface area contributed by atoms with Crippen molar-refractivity contribution >= 4 is 17.9 Å². The first kappa shape index (κ1) is 31.0. The fraction of sp³-hybridized carbons (Fsp3) is 0.387. The molecule has 0 aliphatic heterocycles. The molecule has 8 heteroatoms. The number of phenolic OH excluding ortho intramolecular Hbond substituents is 1. The molecule has 2 atom stereocenters. The smallest absolute Gasteiger partial charge is 0.408 e. The Morgan fingerprint density at radius 2 is 1.64 bits per heavy atom. The lowest BCUT2D eigenvalue weighted by atomic mass is 9.98. The summed E-state index contributed by atoms with van der Waals surface area (Å²) in [5.41, 5.74) is 0.510. The molecule has 0 fully saturated rings. The van der Waals surface area contributed by atoms with Crippen molar-refractivity contribution in [3.8, 4) is 18.1 Å². The van der Waals surface area contributed by atoms with Crippen molar-refractivity contribution in [3.05, 3.63) is 77.9 Å². The minimum Gasteiger partial charge on any atom is -0.508 e. The van der Waals surface area contributed by atoms with E-state index in [-0.39, 0.29) is 18.7 Å². The maximum absolute atomic E-state index is 14.2. The fourth-order valence-corrected chi connectivity index (χ4v) is 3.85. The molecule has 0 saturated carbocycles. The normalized spacial score (nSPS) is 12.8. The summed E-state index contributed by atoms with van der Waals surface area (Å²) >= 11 is 0. The second-order valence-corrected chi connectivity index (χ2v) is 11.3. The Labute approximate surface area is 231 Å². The van der Waals surface area contributed by atoms with Gasteiger partial charge in [0.25, 0.3) is 0 Å². The van der Waals surface area contributed by atoms with Crippen LogP contribution >= 0.6 is 0 Å². The first-order chi connectivity index (χ1) is 18.1. The van der Waals surface area contributed by atoms with E-state index in [1.54, 1.807) is 57.2 Å². The molecule has 3 amide bonds. The van der Waals surface area contributed by atoms with Crippen molar-refractivity contribution in [1.82, 2.24) is 15.5 Å². The first-order valence-electron chi connectivity index (χ1n) is 12.7. The number of terminal acetylenes is 1. The number of nitrogens with zero attached hydrogens (tertiary/aromatic N) is 1. The van der Waals surface area contributed by atoms with E-state index in [1.165, 1.54) is 23.1 Å². The maximum atomic E-state index is 14.2. The first-order valence-corrected chi connectivity index (χ1v) is 12.7. The van der Waals surface area contributed by atoms with Gasteiger partial charge in [0.15, 0.2) is 0 Å². The molecule has 2 rings (SSSR count). The van der Waals surface area contributed by atoms with Crippen molar-refractivity contribution in [3.63, 3.8) is 0 Å². The number of alkyl carbamates (subject to hydrolysis) is 1. The molecule has 0 aliphatic carbocycles. The number of carbonyl (C=O) groups is 3. The molecule has 3 N–H and O–H groups in total. The highest BCUT2D eigenvalue weighted by Gasteiger charge is 2.37. The summed E-state index contributed by atoms with van der Waals surface area (Å²) in [4.78, 5) is 41.9. The molecular weight excluding hydrogens is 494 g/mol. The van der Waals surface area contributed by atoms with Crippen LogP contribution in [-0.4, -0.2) is 51.6 Å². The van der Waals surface area contributed by atoms with Gasteiger partial charge in [0, 0.05) is 24.1 Å². The Morgan fingerprint density at radius 3 is 2.13 bits per heavy atom. The zero-order valence-electron chi connectivity index (χ0n) is 23.6. The summed E-state index contributed by atoms with van der Waals surface area (Å²) in [6, 6.07) is 11.0. The largest absolute Gasteiger partial charge is 0.508 e. The minimum absolute atomic E-state index is 0.0278.